The smallest absolute Gasteiger partial charge is 0.249 e. The third kappa shape index (κ3) is 2.86. The van der Waals surface area contributed by atoms with E-state index in [9.17, 15) is 13.6 Å². The molecule has 3 aromatic rings. The van der Waals surface area contributed by atoms with E-state index in [1.165, 1.54) is 29.3 Å². The number of nitrogens with zero attached hydrogens (tertiary/aromatic N) is 3. The fourth-order valence-electron chi connectivity index (χ4n) is 4.20. The first kappa shape index (κ1) is 17.3. The summed E-state index contributed by atoms with van der Waals surface area (Å²) in [6, 6.07) is 10.8. The van der Waals surface area contributed by atoms with E-state index in [-0.39, 0.29) is 35.5 Å². The summed E-state index contributed by atoms with van der Waals surface area (Å²) in [6.07, 6.45) is 3.72. The number of fused-ring (bicyclic) bond motifs is 1. The Balaban J connectivity index is 1.29. The second-order valence-corrected chi connectivity index (χ2v) is 7.46. The number of amides is 1. The molecule has 1 atom stereocenters. The lowest BCUT2D eigenvalue weighted by molar-refractivity contribution is -0.185. The number of halogens is 2. The third-order valence-electron chi connectivity index (χ3n) is 5.75. The average molecular weight is 383 g/mol. The Labute approximate surface area is 160 Å². The zero-order valence-electron chi connectivity index (χ0n) is 15.1. The second kappa shape index (κ2) is 6.67. The summed E-state index contributed by atoms with van der Waals surface area (Å²) in [5, 5.41) is 1.43. The van der Waals surface area contributed by atoms with Crippen LogP contribution < -0.4 is 0 Å². The molecule has 28 heavy (non-hydrogen) atoms. The van der Waals surface area contributed by atoms with Crippen molar-refractivity contribution in [3.63, 3.8) is 0 Å². The molecule has 0 spiro atoms. The van der Waals surface area contributed by atoms with E-state index in [4.69, 9.17) is 4.84 Å². The molecule has 2 aliphatic rings. The van der Waals surface area contributed by atoms with Gasteiger partial charge in [-0.25, -0.2) is 18.8 Å². The highest BCUT2D eigenvalue weighted by molar-refractivity contribution is 5.80. The molecule has 0 bridgehead atoms. The molecule has 2 fully saturated rings. The summed E-state index contributed by atoms with van der Waals surface area (Å²) in [4.78, 5) is 22.8. The molecule has 1 aliphatic carbocycles. The van der Waals surface area contributed by atoms with E-state index in [2.05, 4.69) is 4.98 Å². The van der Waals surface area contributed by atoms with E-state index in [1.54, 1.807) is 18.5 Å². The predicted octanol–water partition coefficient (Wildman–Crippen LogP) is 4.17. The Morgan fingerprint density at radius 1 is 1.11 bits per heavy atom. The number of hydrogen-bond acceptors (Lipinski definition) is 3. The van der Waals surface area contributed by atoms with E-state index < -0.39 is 0 Å². The lowest BCUT2D eigenvalue weighted by Gasteiger charge is -2.38. The number of carbonyl (C=O) groups excluding carboxylic acids is 1. The summed E-state index contributed by atoms with van der Waals surface area (Å²) in [7, 11) is 0. The minimum absolute atomic E-state index is 0.0570. The van der Waals surface area contributed by atoms with Crippen molar-refractivity contribution in [3.8, 4) is 0 Å². The van der Waals surface area contributed by atoms with Gasteiger partial charge >= 0.3 is 0 Å². The molecule has 7 heteroatoms. The fraction of sp³-hybridized carbons (Fsp3) is 0.333. The van der Waals surface area contributed by atoms with Crippen LogP contribution in [0, 0.1) is 17.6 Å². The van der Waals surface area contributed by atoms with E-state index in [0.29, 0.717) is 31.4 Å². The number of imidazole rings is 1. The van der Waals surface area contributed by atoms with Crippen molar-refractivity contribution in [1.29, 1.82) is 0 Å². The highest BCUT2D eigenvalue weighted by Gasteiger charge is 2.42. The van der Waals surface area contributed by atoms with Crippen molar-refractivity contribution in [2.45, 2.75) is 31.3 Å². The summed E-state index contributed by atoms with van der Waals surface area (Å²) >= 11 is 0. The minimum atomic E-state index is -0.316. The van der Waals surface area contributed by atoms with Gasteiger partial charge in [0.2, 0.25) is 5.91 Å². The topological polar surface area (TPSA) is 47.4 Å². The molecule has 2 aromatic carbocycles. The summed E-state index contributed by atoms with van der Waals surface area (Å²) in [5.74, 6) is -0.826. The van der Waals surface area contributed by atoms with E-state index in [1.807, 2.05) is 10.6 Å². The number of rotatable bonds is 3. The van der Waals surface area contributed by atoms with E-state index >= 15 is 0 Å². The zero-order chi connectivity index (χ0) is 19.3. The van der Waals surface area contributed by atoms with Crippen molar-refractivity contribution in [3.05, 3.63) is 66.0 Å². The Morgan fingerprint density at radius 2 is 1.93 bits per heavy atom. The minimum Gasteiger partial charge on any atom is -0.327 e. The number of hydroxylamine groups is 2. The van der Waals surface area contributed by atoms with Crippen LogP contribution in [0.5, 0.6) is 0 Å². The third-order valence-corrected chi connectivity index (χ3v) is 5.75. The van der Waals surface area contributed by atoms with Gasteiger partial charge in [0.15, 0.2) is 0 Å². The van der Waals surface area contributed by atoms with Crippen LogP contribution in [0.1, 0.15) is 36.9 Å². The zero-order valence-corrected chi connectivity index (χ0v) is 15.1. The predicted molar refractivity (Wildman–Crippen MR) is 98.0 cm³/mol. The van der Waals surface area contributed by atoms with Gasteiger partial charge in [0, 0.05) is 24.4 Å². The molecule has 0 radical (unpaired) electrons. The van der Waals surface area contributed by atoms with Gasteiger partial charge in [-0.1, -0.05) is 12.1 Å². The number of hydrogen-bond donors (Lipinski definition) is 0. The van der Waals surface area contributed by atoms with Crippen LogP contribution in [0.15, 0.2) is 48.8 Å². The maximum atomic E-state index is 13.6. The molecule has 1 saturated heterocycles. The molecule has 2 heterocycles. The number of aromatic nitrogens is 2. The normalized spacial score (nSPS) is 24.5. The summed E-state index contributed by atoms with van der Waals surface area (Å²) in [6.45, 7) is 0.445. The van der Waals surface area contributed by atoms with Crippen LogP contribution in [0.3, 0.4) is 0 Å². The second-order valence-electron chi connectivity index (χ2n) is 7.46. The SMILES string of the molecule is O=C([C@H]1C[C@H](n2cnc3cc(F)ccc32)C1)N1OCC[C@H]1c1cccc(F)c1. The quantitative estimate of drug-likeness (QED) is 0.682. The van der Waals surface area contributed by atoms with Crippen molar-refractivity contribution in [2.75, 3.05) is 6.61 Å². The van der Waals surface area contributed by atoms with Crippen LogP contribution >= 0.6 is 0 Å². The van der Waals surface area contributed by atoms with Gasteiger partial charge in [-0.15, -0.1) is 0 Å². The maximum absolute atomic E-state index is 13.6. The van der Waals surface area contributed by atoms with Gasteiger partial charge in [-0.05, 0) is 42.7 Å². The standard InChI is InChI=1S/C21H19F2N3O2/c22-15-3-1-2-13(8-15)19-6-7-28-26(19)21(27)14-9-17(10-14)25-12-24-18-11-16(23)4-5-20(18)25/h1-5,8,11-12,14,17,19H,6-7,9-10H2/t14-,17-,19-/m0/s1. The lowest BCUT2D eigenvalue weighted by atomic mass is 9.79. The molecule has 0 N–H and O–H groups in total. The molecule has 1 saturated carbocycles. The van der Waals surface area contributed by atoms with Crippen molar-refractivity contribution in [2.24, 2.45) is 5.92 Å². The molecular weight excluding hydrogens is 364 g/mol. The van der Waals surface area contributed by atoms with Gasteiger partial charge in [0.25, 0.3) is 0 Å². The molecule has 5 rings (SSSR count). The van der Waals surface area contributed by atoms with Crippen molar-refractivity contribution in [1.82, 2.24) is 14.6 Å². The Bertz CT molecular complexity index is 1050. The van der Waals surface area contributed by atoms with Crippen LogP contribution in [0.2, 0.25) is 0 Å². The summed E-state index contributed by atoms with van der Waals surface area (Å²) < 4.78 is 28.9. The maximum Gasteiger partial charge on any atom is 0.249 e. The van der Waals surface area contributed by atoms with Gasteiger partial charge < -0.3 is 4.57 Å². The molecule has 1 amide bonds. The highest BCUT2D eigenvalue weighted by atomic mass is 19.1. The molecule has 1 aliphatic heterocycles. The van der Waals surface area contributed by atoms with Crippen molar-refractivity contribution >= 4 is 16.9 Å². The van der Waals surface area contributed by atoms with Crippen LogP contribution in [0.25, 0.3) is 11.0 Å². The first-order valence-corrected chi connectivity index (χ1v) is 9.43. The summed E-state index contributed by atoms with van der Waals surface area (Å²) in [5.41, 5.74) is 2.24. The van der Waals surface area contributed by atoms with Crippen LogP contribution in [-0.4, -0.2) is 27.1 Å². The van der Waals surface area contributed by atoms with Gasteiger partial charge in [0.1, 0.15) is 11.6 Å². The molecule has 1 aromatic heterocycles. The Kier molecular flexibility index (Phi) is 4.12. The Morgan fingerprint density at radius 3 is 2.75 bits per heavy atom. The molecule has 0 unspecified atom stereocenters. The molecular formula is C21H19F2N3O2. The van der Waals surface area contributed by atoms with Crippen molar-refractivity contribution < 1.29 is 18.4 Å². The first-order chi connectivity index (χ1) is 13.6. The fourth-order valence-corrected chi connectivity index (χ4v) is 4.20. The van der Waals surface area contributed by atoms with Gasteiger partial charge in [0.05, 0.1) is 30.0 Å². The Hall–Kier alpha value is -2.80. The monoisotopic (exact) mass is 383 g/mol. The van der Waals surface area contributed by atoms with Gasteiger partial charge in [-0.3, -0.25) is 9.63 Å². The molecule has 5 nitrogen and oxygen atoms in total. The average Bonchev–Trinajstić information content (AvgIpc) is 3.27. The number of carbonyl (C=O) groups is 1. The van der Waals surface area contributed by atoms with Crippen LogP contribution in [0.4, 0.5) is 8.78 Å². The van der Waals surface area contributed by atoms with Crippen LogP contribution in [-0.2, 0) is 9.63 Å². The lowest BCUT2D eigenvalue weighted by Crippen LogP contribution is -2.41. The first-order valence-electron chi connectivity index (χ1n) is 9.43. The molecule has 144 valence electrons. The largest absolute Gasteiger partial charge is 0.327 e. The van der Waals surface area contributed by atoms with E-state index in [0.717, 1.165) is 11.1 Å². The van der Waals surface area contributed by atoms with Gasteiger partial charge in [-0.2, -0.15) is 0 Å². The number of benzene rings is 2. The highest BCUT2D eigenvalue weighted by Crippen LogP contribution is 2.43.